The zero-order valence-electron chi connectivity index (χ0n) is 35.4. The Morgan fingerprint density at radius 2 is 0.820 bits per heavy atom. The maximum atomic E-state index is 5.94. The summed E-state index contributed by atoms with van der Waals surface area (Å²) in [5, 5.41) is 0. The molecular formula is C48H95NO. The summed E-state index contributed by atoms with van der Waals surface area (Å²) < 4.78 is 5.94. The monoisotopic (exact) mass is 702 g/mol. The van der Waals surface area contributed by atoms with Gasteiger partial charge in [0.2, 0.25) is 0 Å². The minimum absolute atomic E-state index is 0.868. The summed E-state index contributed by atoms with van der Waals surface area (Å²) in [5.74, 6) is 1.91. The third kappa shape index (κ3) is 37.0. The van der Waals surface area contributed by atoms with Crippen LogP contribution in [0.4, 0.5) is 0 Å². The van der Waals surface area contributed by atoms with Gasteiger partial charge in [0.05, 0.1) is 12.4 Å². The van der Waals surface area contributed by atoms with E-state index in [-0.39, 0.29) is 0 Å². The summed E-state index contributed by atoms with van der Waals surface area (Å²) in [5.41, 5.74) is 1.55. The van der Waals surface area contributed by atoms with Crippen LogP contribution in [0.15, 0.2) is 24.5 Å². The van der Waals surface area contributed by atoms with E-state index in [1.807, 2.05) is 0 Å². The molecule has 2 heteroatoms. The van der Waals surface area contributed by atoms with Gasteiger partial charge >= 0.3 is 0 Å². The van der Waals surface area contributed by atoms with E-state index < -0.39 is 0 Å². The van der Waals surface area contributed by atoms with Crippen LogP contribution in [0.1, 0.15) is 252 Å². The number of unbranched alkanes of at least 4 members (excludes halogenated alkanes) is 24. The Balaban J connectivity index is 3.96. The van der Waals surface area contributed by atoms with E-state index in [0.717, 1.165) is 24.7 Å². The van der Waals surface area contributed by atoms with Crippen molar-refractivity contribution in [2.75, 3.05) is 26.2 Å². The molecule has 50 heavy (non-hydrogen) atoms. The second-order valence-electron chi connectivity index (χ2n) is 16.3. The van der Waals surface area contributed by atoms with Gasteiger partial charge in [0, 0.05) is 6.42 Å². The topological polar surface area (TPSA) is 12.5 Å². The van der Waals surface area contributed by atoms with Crippen molar-refractivity contribution in [3.05, 3.63) is 24.5 Å². The van der Waals surface area contributed by atoms with Crippen molar-refractivity contribution in [2.45, 2.75) is 252 Å². The number of hydrogen-bond donors (Lipinski definition) is 0. The van der Waals surface area contributed by atoms with E-state index in [4.69, 9.17) is 4.74 Å². The van der Waals surface area contributed by atoms with Crippen LogP contribution in [0, 0.1) is 5.92 Å². The Morgan fingerprint density at radius 1 is 0.420 bits per heavy atom. The van der Waals surface area contributed by atoms with Crippen LogP contribution >= 0.6 is 0 Å². The van der Waals surface area contributed by atoms with Gasteiger partial charge in [0.1, 0.15) is 0 Å². The highest BCUT2D eigenvalue weighted by molar-refractivity contribution is 4.95. The first-order valence-corrected chi connectivity index (χ1v) is 23.3. The van der Waals surface area contributed by atoms with Gasteiger partial charge in [-0.3, -0.25) is 0 Å². The molecule has 0 bridgehead atoms. The van der Waals surface area contributed by atoms with Crippen LogP contribution in [0.5, 0.6) is 0 Å². The van der Waals surface area contributed by atoms with Crippen molar-refractivity contribution in [2.24, 2.45) is 5.92 Å². The molecule has 0 fully saturated rings. The normalized spacial score (nSPS) is 11.6. The third-order valence-electron chi connectivity index (χ3n) is 11.0. The van der Waals surface area contributed by atoms with Gasteiger partial charge in [-0.05, 0) is 76.9 Å². The molecule has 0 N–H and O–H groups in total. The van der Waals surface area contributed by atoms with Gasteiger partial charge in [-0.25, -0.2) is 0 Å². The van der Waals surface area contributed by atoms with Crippen LogP contribution in [-0.2, 0) is 4.74 Å². The lowest BCUT2D eigenvalue weighted by atomic mass is 9.87. The van der Waals surface area contributed by atoms with Crippen molar-refractivity contribution in [3.8, 4) is 0 Å². The number of allylic oxidation sites excluding steroid dienone is 2. The van der Waals surface area contributed by atoms with E-state index in [2.05, 4.69) is 45.8 Å². The van der Waals surface area contributed by atoms with Crippen LogP contribution < -0.4 is 0 Å². The van der Waals surface area contributed by atoms with Gasteiger partial charge in [-0.15, -0.1) is 0 Å². The molecule has 0 unspecified atom stereocenters. The predicted octanol–water partition coefficient (Wildman–Crippen LogP) is 16.7. The second-order valence-corrected chi connectivity index (χ2v) is 16.3. The zero-order chi connectivity index (χ0) is 36.6. The molecule has 0 aliphatic rings. The SMILES string of the molecule is C=C(CCCCCCCN(CCC)CCCCCC(=C)OCCCCCCCCCCC)CC(CCCCCCCC)CCCCCCCC. The molecule has 298 valence electrons. The Labute approximate surface area is 317 Å². The molecule has 0 heterocycles. The first-order chi connectivity index (χ1) is 24.6. The average Bonchev–Trinajstić information content (AvgIpc) is 3.11. The van der Waals surface area contributed by atoms with Crippen molar-refractivity contribution < 1.29 is 4.74 Å². The molecule has 0 atom stereocenters. The fourth-order valence-corrected chi connectivity index (χ4v) is 7.71. The van der Waals surface area contributed by atoms with Gasteiger partial charge in [-0.2, -0.15) is 0 Å². The molecule has 0 aliphatic carbocycles. The van der Waals surface area contributed by atoms with E-state index in [1.54, 1.807) is 5.57 Å². The highest BCUT2D eigenvalue weighted by atomic mass is 16.5. The fourth-order valence-electron chi connectivity index (χ4n) is 7.71. The predicted molar refractivity (Wildman–Crippen MR) is 228 cm³/mol. The maximum absolute atomic E-state index is 5.94. The van der Waals surface area contributed by atoms with Gasteiger partial charge in [-0.1, -0.05) is 213 Å². The van der Waals surface area contributed by atoms with Crippen LogP contribution in [0.3, 0.4) is 0 Å². The summed E-state index contributed by atoms with van der Waals surface area (Å²) in [7, 11) is 0. The molecule has 0 aromatic heterocycles. The van der Waals surface area contributed by atoms with Gasteiger partial charge in [0.25, 0.3) is 0 Å². The number of nitrogens with zero attached hydrogens (tertiary/aromatic N) is 1. The Kier molecular flexibility index (Phi) is 40.4. The first kappa shape index (κ1) is 49.2. The molecular weight excluding hydrogens is 607 g/mol. The third-order valence-corrected chi connectivity index (χ3v) is 11.0. The molecule has 0 aliphatic heterocycles. The lowest BCUT2D eigenvalue weighted by Crippen LogP contribution is -2.27. The van der Waals surface area contributed by atoms with Crippen LogP contribution in [0.25, 0.3) is 0 Å². The Hall–Kier alpha value is -0.760. The summed E-state index contributed by atoms with van der Waals surface area (Å²) in [6.07, 6.45) is 47.8. The van der Waals surface area contributed by atoms with Crippen molar-refractivity contribution in [1.29, 1.82) is 0 Å². The summed E-state index contributed by atoms with van der Waals surface area (Å²) >= 11 is 0. The zero-order valence-corrected chi connectivity index (χ0v) is 35.4. The van der Waals surface area contributed by atoms with Crippen LogP contribution in [-0.4, -0.2) is 31.1 Å². The quantitative estimate of drug-likeness (QED) is 0.0356. The van der Waals surface area contributed by atoms with E-state index in [1.165, 1.54) is 238 Å². The molecule has 0 rings (SSSR count). The van der Waals surface area contributed by atoms with Crippen molar-refractivity contribution in [3.63, 3.8) is 0 Å². The number of rotatable bonds is 43. The number of ether oxygens (including phenoxy) is 1. The minimum atomic E-state index is 0.868. The summed E-state index contributed by atoms with van der Waals surface area (Å²) in [6, 6.07) is 0. The molecule has 0 amide bonds. The Bertz CT molecular complexity index is 670. The van der Waals surface area contributed by atoms with E-state index >= 15 is 0 Å². The molecule has 0 spiro atoms. The van der Waals surface area contributed by atoms with Gasteiger partial charge in [0.15, 0.2) is 0 Å². The molecule has 0 radical (unpaired) electrons. The highest BCUT2D eigenvalue weighted by Crippen LogP contribution is 2.27. The van der Waals surface area contributed by atoms with E-state index in [9.17, 15) is 0 Å². The molecule has 0 aromatic rings. The van der Waals surface area contributed by atoms with Crippen molar-refractivity contribution >= 4 is 0 Å². The first-order valence-electron chi connectivity index (χ1n) is 23.3. The fraction of sp³-hybridized carbons (Fsp3) is 0.917. The smallest absolute Gasteiger partial charge is 0.0888 e. The molecule has 0 saturated carbocycles. The molecule has 2 nitrogen and oxygen atoms in total. The second kappa shape index (κ2) is 41.0. The minimum Gasteiger partial charge on any atom is -0.499 e. The van der Waals surface area contributed by atoms with Crippen molar-refractivity contribution in [1.82, 2.24) is 4.90 Å². The lowest BCUT2D eigenvalue weighted by molar-refractivity contribution is 0.194. The lowest BCUT2D eigenvalue weighted by Gasteiger charge is -2.21. The summed E-state index contributed by atoms with van der Waals surface area (Å²) in [4.78, 5) is 2.73. The highest BCUT2D eigenvalue weighted by Gasteiger charge is 2.11. The van der Waals surface area contributed by atoms with Crippen LogP contribution in [0.2, 0.25) is 0 Å². The number of hydrogen-bond acceptors (Lipinski definition) is 2. The van der Waals surface area contributed by atoms with E-state index in [0.29, 0.717) is 0 Å². The molecule has 0 aromatic carbocycles. The Morgan fingerprint density at radius 3 is 1.32 bits per heavy atom. The maximum Gasteiger partial charge on any atom is 0.0888 e. The summed E-state index contributed by atoms with van der Waals surface area (Å²) in [6.45, 7) is 22.7. The van der Waals surface area contributed by atoms with Gasteiger partial charge < -0.3 is 9.64 Å². The largest absolute Gasteiger partial charge is 0.499 e. The molecule has 0 saturated heterocycles. The standard InChI is InChI=1S/C48H95NO/c1-7-11-14-17-20-21-22-28-36-44-50-47(6)38-31-29-35-43-49(41-10-4)42-34-27-23-24-30-37-46(5)45-48(39-32-25-18-15-12-8-2)40-33-26-19-16-13-9-3/h48H,5-45H2,1-4H3. The average molecular weight is 702 g/mol.